The summed E-state index contributed by atoms with van der Waals surface area (Å²) in [5.74, 6) is 0. The van der Waals surface area contributed by atoms with Crippen LogP contribution in [0.2, 0.25) is 0 Å². The summed E-state index contributed by atoms with van der Waals surface area (Å²) in [5.41, 5.74) is 0. The van der Waals surface area contributed by atoms with E-state index in [0.717, 1.165) is 0 Å². The van der Waals surface area contributed by atoms with Crippen LogP contribution in [0, 0.1) is 0 Å². The summed E-state index contributed by atoms with van der Waals surface area (Å²) in [7, 11) is 0. The van der Waals surface area contributed by atoms with E-state index in [9.17, 15) is 8.76 Å². The molecule has 0 N–H and O–H groups in total. The first kappa shape index (κ1) is 10.3. The van der Waals surface area contributed by atoms with Gasteiger partial charge in [-0.2, -0.15) is 0 Å². The summed E-state index contributed by atoms with van der Waals surface area (Å²) in [6, 6.07) is 8.23. The van der Waals surface area contributed by atoms with Gasteiger partial charge >= 0.3 is 0 Å². The summed E-state index contributed by atoms with van der Waals surface area (Å²) < 4.78 is 20.4. The molecule has 0 bridgehead atoms. The van der Waals surface area contributed by atoms with Crippen LogP contribution >= 0.6 is 0 Å². The molecule has 0 heterocycles. The van der Waals surface area contributed by atoms with Crippen LogP contribution in [0.25, 0.3) is 0 Å². The summed E-state index contributed by atoms with van der Waals surface area (Å²) in [6.07, 6.45) is 0. The van der Waals surface area contributed by atoms with E-state index in [-0.39, 0.29) is 0 Å². The first-order chi connectivity index (χ1) is 5.30. The van der Waals surface area contributed by atoms with Crippen molar-refractivity contribution in [2.45, 2.75) is 18.7 Å². The zero-order valence-electron chi connectivity index (χ0n) is 6.61. The fourth-order valence-corrected chi connectivity index (χ4v) is 0.911. The summed E-state index contributed by atoms with van der Waals surface area (Å²) in [6.45, 7) is 4.00. The molecule has 1 unspecified atom stereocenters. The van der Waals surface area contributed by atoms with Crippen LogP contribution in [-0.4, -0.2) is 8.76 Å². The summed E-state index contributed by atoms with van der Waals surface area (Å²) in [5, 5.41) is 0. The molecule has 11 heavy (non-hydrogen) atoms. The van der Waals surface area contributed by atoms with Gasteiger partial charge in [0.05, 0.1) is 0 Å². The van der Waals surface area contributed by atoms with Gasteiger partial charge in [-0.15, -0.1) is 0 Å². The van der Waals surface area contributed by atoms with E-state index >= 15 is 0 Å². The Bertz CT molecular complexity index is 209. The average molecular weight is 171 g/mol. The van der Waals surface area contributed by atoms with Crippen molar-refractivity contribution in [1.29, 1.82) is 0 Å². The van der Waals surface area contributed by atoms with Crippen molar-refractivity contribution < 1.29 is 8.76 Å². The Kier molecular flexibility index (Phi) is 5.70. The Morgan fingerprint density at radius 2 is 1.64 bits per heavy atom. The van der Waals surface area contributed by atoms with Gasteiger partial charge < -0.3 is 4.55 Å². The Morgan fingerprint density at radius 1 is 1.18 bits per heavy atom. The lowest BCUT2D eigenvalue weighted by Crippen LogP contribution is -1.85. The van der Waals surface area contributed by atoms with Crippen molar-refractivity contribution in [3.8, 4) is 0 Å². The Balaban J connectivity index is 0.000000461. The van der Waals surface area contributed by atoms with Gasteiger partial charge in [-0.25, -0.2) is 0 Å². The molecule has 0 aliphatic rings. The van der Waals surface area contributed by atoms with Crippen LogP contribution in [0.1, 0.15) is 13.8 Å². The van der Waals surface area contributed by atoms with Gasteiger partial charge in [0.1, 0.15) is 0 Å². The molecule has 2 nitrogen and oxygen atoms in total. The van der Waals surface area contributed by atoms with E-state index in [0.29, 0.717) is 4.90 Å². The first-order valence-electron chi connectivity index (χ1n) is 3.45. The Hall–Kier alpha value is -0.670. The van der Waals surface area contributed by atoms with Gasteiger partial charge in [0, 0.05) is 4.90 Å². The smallest absolute Gasteiger partial charge is 0.0248 e. The molecule has 0 aliphatic heterocycles. The molecule has 0 radical (unpaired) electrons. The fourth-order valence-electron chi connectivity index (χ4n) is 0.532. The van der Waals surface area contributed by atoms with Gasteiger partial charge in [0.2, 0.25) is 0 Å². The predicted octanol–water partition coefficient (Wildman–Crippen LogP) is 1.95. The third-order valence-electron chi connectivity index (χ3n) is 0.936. The van der Waals surface area contributed by atoms with Gasteiger partial charge in [-0.1, -0.05) is 32.0 Å². The van der Waals surface area contributed by atoms with Crippen molar-refractivity contribution in [2.75, 3.05) is 0 Å². The maximum atomic E-state index is 10.2. The van der Waals surface area contributed by atoms with Crippen molar-refractivity contribution in [3.63, 3.8) is 0 Å². The molecule has 0 saturated heterocycles. The zero-order chi connectivity index (χ0) is 8.69. The van der Waals surface area contributed by atoms with Crippen molar-refractivity contribution in [1.82, 2.24) is 0 Å². The van der Waals surface area contributed by atoms with Crippen LogP contribution < -0.4 is 0 Å². The predicted molar refractivity (Wildman–Crippen MR) is 45.0 cm³/mol. The van der Waals surface area contributed by atoms with Gasteiger partial charge in [0.25, 0.3) is 0 Å². The van der Waals surface area contributed by atoms with Crippen LogP contribution in [0.5, 0.6) is 0 Å². The van der Waals surface area contributed by atoms with E-state index < -0.39 is 11.1 Å². The van der Waals surface area contributed by atoms with Gasteiger partial charge in [-0.05, 0) is 23.2 Å². The molecule has 62 valence electrons. The summed E-state index contributed by atoms with van der Waals surface area (Å²) >= 11 is -2.08. The minimum atomic E-state index is -2.08. The van der Waals surface area contributed by atoms with Gasteiger partial charge in [-0.3, -0.25) is 4.21 Å². The van der Waals surface area contributed by atoms with Crippen LogP contribution in [0.15, 0.2) is 35.2 Å². The van der Waals surface area contributed by atoms with E-state index in [1.807, 2.05) is 13.8 Å². The second-order valence-electron chi connectivity index (χ2n) is 1.55. The molecule has 0 amide bonds. The average Bonchev–Trinajstić information content (AvgIpc) is 2.10. The Morgan fingerprint density at radius 3 is 1.91 bits per heavy atom. The monoisotopic (exact) mass is 171 g/mol. The molecule has 1 atom stereocenters. The number of benzene rings is 1. The molecule has 1 aromatic rings. The lowest BCUT2D eigenvalue weighted by atomic mass is 10.4. The molecule has 0 saturated carbocycles. The third-order valence-corrected chi connectivity index (χ3v) is 1.59. The van der Waals surface area contributed by atoms with E-state index in [1.165, 1.54) is 0 Å². The highest BCUT2D eigenvalue weighted by Gasteiger charge is 1.84. The highest BCUT2D eigenvalue weighted by Crippen LogP contribution is 2.00. The van der Waals surface area contributed by atoms with E-state index in [1.54, 1.807) is 30.3 Å². The second kappa shape index (κ2) is 6.07. The van der Waals surface area contributed by atoms with Gasteiger partial charge in [0.15, 0.2) is 0 Å². The van der Waals surface area contributed by atoms with Crippen molar-refractivity contribution in [2.24, 2.45) is 0 Å². The normalized spacial score (nSPS) is 11.2. The van der Waals surface area contributed by atoms with E-state index in [4.69, 9.17) is 0 Å². The molecule has 0 aromatic heterocycles. The second-order valence-corrected chi connectivity index (χ2v) is 2.49. The molecular weight excluding hydrogens is 160 g/mol. The minimum absolute atomic E-state index is 0.331. The van der Waals surface area contributed by atoms with Crippen LogP contribution in [0.4, 0.5) is 0 Å². The standard InChI is InChI=1S/C6H6O2S.C2H6/c7-9(8)6-4-2-1-3-5-6;1-2/h1-5H,(H,7,8);1-2H3/p-1. The quantitative estimate of drug-likeness (QED) is 0.606. The van der Waals surface area contributed by atoms with Crippen LogP contribution in [0.3, 0.4) is 0 Å². The number of rotatable bonds is 1. The third kappa shape index (κ3) is 3.91. The molecule has 1 rings (SSSR count). The molecule has 0 spiro atoms. The fraction of sp³-hybridized carbons (Fsp3) is 0.250. The zero-order valence-corrected chi connectivity index (χ0v) is 7.43. The van der Waals surface area contributed by atoms with Crippen molar-refractivity contribution in [3.05, 3.63) is 30.3 Å². The Labute approximate surface area is 69.5 Å². The maximum absolute atomic E-state index is 10.2. The molecule has 3 heteroatoms. The molecular formula is C8H11O2S-. The lowest BCUT2D eigenvalue weighted by molar-refractivity contribution is 0.537. The van der Waals surface area contributed by atoms with Crippen molar-refractivity contribution >= 4 is 11.1 Å². The number of hydrogen-bond donors (Lipinski definition) is 0. The molecule has 0 fully saturated rings. The largest absolute Gasteiger partial charge is 0.768 e. The van der Waals surface area contributed by atoms with E-state index in [2.05, 4.69) is 0 Å². The van der Waals surface area contributed by atoms with Crippen LogP contribution in [-0.2, 0) is 11.1 Å². The molecule has 0 aliphatic carbocycles. The minimum Gasteiger partial charge on any atom is -0.768 e. The maximum Gasteiger partial charge on any atom is 0.0248 e. The lowest BCUT2D eigenvalue weighted by Gasteiger charge is -2.01. The number of hydrogen-bond acceptors (Lipinski definition) is 2. The molecule has 1 aromatic carbocycles. The topological polar surface area (TPSA) is 40.1 Å². The highest BCUT2D eigenvalue weighted by atomic mass is 32.2. The summed E-state index contributed by atoms with van der Waals surface area (Å²) in [4.78, 5) is 0.331. The highest BCUT2D eigenvalue weighted by molar-refractivity contribution is 7.79. The SMILES string of the molecule is CC.O=S([O-])c1ccccc1. The first-order valence-corrected chi connectivity index (χ1v) is 4.52.